The van der Waals surface area contributed by atoms with E-state index < -0.39 is 0 Å². The van der Waals surface area contributed by atoms with Crippen molar-refractivity contribution < 1.29 is 4.79 Å². The molecule has 0 bridgehead atoms. The van der Waals surface area contributed by atoms with Crippen molar-refractivity contribution in [3.05, 3.63) is 82.2 Å². The number of halogens is 2. The molecule has 0 aliphatic carbocycles. The Morgan fingerprint density at radius 2 is 1.68 bits per heavy atom. The van der Waals surface area contributed by atoms with Crippen molar-refractivity contribution >= 4 is 40.6 Å². The number of carbonyl (C=O) groups is 1. The largest absolute Gasteiger partial charge is 0.347 e. The highest BCUT2D eigenvalue weighted by atomic mass is 35.5. The third-order valence-electron chi connectivity index (χ3n) is 3.41. The van der Waals surface area contributed by atoms with Crippen molar-refractivity contribution in [2.75, 3.05) is 5.32 Å². The molecule has 0 aliphatic rings. The zero-order chi connectivity index (χ0) is 17.6. The number of benzene rings is 2. The van der Waals surface area contributed by atoms with E-state index in [0.29, 0.717) is 28.1 Å². The number of amides is 1. The minimum Gasteiger partial charge on any atom is -0.347 e. The maximum absolute atomic E-state index is 12.3. The lowest BCUT2D eigenvalue weighted by Crippen LogP contribution is -2.24. The number of anilines is 2. The van der Waals surface area contributed by atoms with Crippen LogP contribution in [0, 0.1) is 0 Å². The van der Waals surface area contributed by atoms with Crippen molar-refractivity contribution in [1.29, 1.82) is 0 Å². The number of nitrogens with one attached hydrogen (secondary N) is 2. The van der Waals surface area contributed by atoms with Gasteiger partial charge in [0, 0.05) is 12.6 Å². The number of carbonyl (C=O) groups excluding carboxylic acids is 1. The fraction of sp³-hybridized carbons (Fsp3) is 0.0556. The van der Waals surface area contributed by atoms with Gasteiger partial charge in [0.2, 0.25) is 0 Å². The van der Waals surface area contributed by atoms with Gasteiger partial charge in [-0.15, -0.1) is 0 Å². The first-order valence-corrected chi connectivity index (χ1v) is 8.24. The van der Waals surface area contributed by atoms with Crippen LogP contribution in [0.2, 0.25) is 10.0 Å². The molecule has 2 aromatic carbocycles. The molecule has 1 aromatic heterocycles. The van der Waals surface area contributed by atoms with Gasteiger partial charge in [0.25, 0.3) is 5.91 Å². The third-order valence-corrected chi connectivity index (χ3v) is 4.04. The van der Waals surface area contributed by atoms with Gasteiger partial charge in [0.1, 0.15) is 17.8 Å². The normalized spacial score (nSPS) is 10.3. The topological polar surface area (TPSA) is 66.9 Å². The molecule has 7 heteroatoms. The van der Waals surface area contributed by atoms with Crippen LogP contribution >= 0.6 is 23.2 Å². The van der Waals surface area contributed by atoms with E-state index >= 15 is 0 Å². The highest BCUT2D eigenvalue weighted by Crippen LogP contribution is 2.31. The lowest BCUT2D eigenvalue weighted by Gasteiger charge is -2.10. The zero-order valence-electron chi connectivity index (χ0n) is 13.0. The highest BCUT2D eigenvalue weighted by Gasteiger charge is 2.11. The predicted molar refractivity (Wildman–Crippen MR) is 99.4 cm³/mol. The summed E-state index contributed by atoms with van der Waals surface area (Å²) in [4.78, 5) is 20.4. The molecule has 0 unspecified atom stereocenters. The van der Waals surface area contributed by atoms with Crippen LogP contribution in [0.15, 0.2) is 60.9 Å². The van der Waals surface area contributed by atoms with Crippen molar-refractivity contribution in [1.82, 2.24) is 15.3 Å². The molecule has 0 atom stereocenters. The molecular weight excluding hydrogens is 359 g/mol. The average Bonchev–Trinajstić information content (AvgIpc) is 2.64. The number of nitrogens with zero attached hydrogens (tertiary/aromatic N) is 2. The van der Waals surface area contributed by atoms with E-state index in [1.807, 2.05) is 30.3 Å². The standard InChI is InChI=1S/C18H14Cl2N4O/c19-13-7-4-8-14(20)17(13)24-16-9-15(22-11-23-16)18(25)21-10-12-5-2-1-3-6-12/h1-9,11H,10H2,(H,21,25)(H,22,23,24). The molecule has 0 saturated heterocycles. The lowest BCUT2D eigenvalue weighted by molar-refractivity contribution is 0.0946. The van der Waals surface area contributed by atoms with Gasteiger partial charge in [0.15, 0.2) is 0 Å². The van der Waals surface area contributed by atoms with Crippen LogP contribution in [0.4, 0.5) is 11.5 Å². The fourth-order valence-electron chi connectivity index (χ4n) is 2.16. The Bertz CT molecular complexity index is 867. The van der Waals surface area contributed by atoms with Crippen LogP contribution in [0.3, 0.4) is 0 Å². The molecule has 3 aromatic rings. The van der Waals surface area contributed by atoms with Gasteiger partial charge >= 0.3 is 0 Å². The summed E-state index contributed by atoms with van der Waals surface area (Å²) < 4.78 is 0. The van der Waals surface area contributed by atoms with E-state index in [2.05, 4.69) is 20.6 Å². The zero-order valence-corrected chi connectivity index (χ0v) is 14.6. The number of rotatable bonds is 5. The third kappa shape index (κ3) is 4.47. The summed E-state index contributed by atoms with van der Waals surface area (Å²) in [7, 11) is 0. The second-order valence-corrected chi connectivity index (χ2v) is 5.99. The summed E-state index contributed by atoms with van der Waals surface area (Å²) in [6.07, 6.45) is 1.31. The van der Waals surface area contributed by atoms with Crippen LogP contribution in [0.25, 0.3) is 0 Å². The summed E-state index contributed by atoms with van der Waals surface area (Å²) in [6.45, 7) is 0.419. The molecule has 0 saturated carbocycles. The molecule has 3 rings (SSSR count). The first kappa shape index (κ1) is 17.2. The molecule has 0 aliphatic heterocycles. The van der Waals surface area contributed by atoms with Crippen molar-refractivity contribution in [2.24, 2.45) is 0 Å². The summed E-state index contributed by atoms with van der Waals surface area (Å²) in [5.41, 5.74) is 1.78. The monoisotopic (exact) mass is 372 g/mol. The van der Waals surface area contributed by atoms with Gasteiger partial charge in [-0.3, -0.25) is 4.79 Å². The van der Waals surface area contributed by atoms with Crippen molar-refractivity contribution in [2.45, 2.75) is 6.54 Å². The van der Waals surface area contributed by atoms with Gasteiger partial charge in [-0.1, -0.05) is 59.6 Å². The van der Waals surface area contributed by atoms with Crippen LogP contribution in [-0.2, 0) is 6.54 Å². The van der Waals surface area contributed by atoms with Crippen LogP contribution in [-0.4, -0.2) is 15.9 Å². The minimum absolute atomic E-state index is 0.247. The van der Waals surface area contributed by atoms with E-state index in [9.17, 15) is 4.79 Å². The predicted octanol–water partition coefficient (Wildman–Crippen LogP) is 4.46. The maximum Gasteiger partial charge on any atom is 0.270 e. The van der Waals surface area contributed by atoms with E-state index in [-0.39, 0.29) is 11.6 Å². The van der Waals surface area contributed by atoms with E-state index in [1.54, 1.807) is 24.3 Å². The Labute approximate surface area is 155 Å². The van der Waals surface area contributed by atoms with Gasteiger partial charge in [-0.25, -0.2) is 9.97 Å². The van der Waals surface area contributed by atoms with Gasteiger partial charge in [-0.2, -0.15) is 0 Å². The Kier molecular flexibility index (Phi) is 5.48. The summed E-state index contributed by atoms with van der Waals surface area (Å²) in [5.74, 6) is 0.134. The van der Waals surface area contributed by atoms with Gasteiger partial charge < -0.3 is 10.6 Å². The van der Waals surface area contributed by atoms with Gasteiger partial charge in [0.05, 0.1) is 15.7 Å². The molecule has 0 spiro atoms. The van der Waals surface area contributed by atoms with Crippen molar-refractivity contribution in [3.63, 3.8) is 0 Å². The summed E-state index contributed by atoms with van der Waals surface area (Å²) in [5, 5.41) is 6.75. The summed E-state index contributed by atoms with van der Waals surface area (Å²) in [6, 6.07) is 16.4. The highest BCUT2D eigenvalue weighted by molar-refractivity contribution is 6.39. The second-order valence-electron chi connectivity index (χ2n) is 5.18. The average molecular weight is 373 g/mol. The van der Waals surface area contributed by atoms with E-state index in [0.717, 1.165) is 5.56 Å². The molecule has 0 radical (unpaired) electrons. The van der Waals surface area contributed by atoms with Crippen LogP contribution in [0.5, 0.6) is 0 Å². The smallest absolute Gasteiger partial charge is 0.270 e. The quantitative estimate of drug-likeness (QED) is 0.693. The van der Waals surface area contributed by atoms with Crippen LogP contribution in [0.1, 0.15) is 16.1 Å². The SMILES string of the molecule is O=C(NCc1ccccc1)c1cc(Nc2c(Cl)cccc2Cl)ncn1. The van der Waals surface area contributed by atoms with Crippen LogP contribution < -0.4 is 10.6 Å². The molecule has 1 heterocycles. The number of aromatic nitrogens is 2. The van der Waals surface area contributed by atoms with Gasteiger partial charge in [-0.05, 0) is 17.7 Å². The molecule has 126 valence electrons. The number of para-hydroxylation sites is 1. The Hall–Kier alpha value is -2.63. The Morgan fingerprint density at radius 1 is 0.960 bits per heavy atom. The Morgan fingerprint density at radius 3 is 2.40 bits per heavy atom. The molecule has 0 fully saturated rings. The van der Waals surface area contributed by atoms with Crippen molar-refractivity contribution in [3.8, 4) is 0 Å². The number of hydrogen-bond donors (Lipinski definition) is 2. The lowest BCUT2D eigenvalue weighted by atomic mass is 10.2. The first-order valence-electron chi connectivity index (χ1n) is 7.48. The van der Waals surface area contributed by atoms with E-state index in [4.69, 9.17) is 23.2 Å². The Balaban J connectivity index is 1.72. The minimum atomic E-state index is -0.292. The molecule has 1 amide bonds. The summed E-state index contributed by atoms with van der Waals surface area (Å²) >= 11 is 12.3. The fourth-order valence-corrected chi connectivity index (χ4v) is 2.66. The number of hydrogen-bond acceptors (Lipinski definition) is 4. The second kappa shape index (κ2) is 7.96. The molecular formula is C18H14Cl2N4O. The van der Waals surface area contributed by atoms with E-state index in [1.165, 1.54) is 6.33 Å². The molecule has 2 N–H and O–H groups in total. The maximum atomic E-state index is 12.3. The molecule has 25 heavy (non-hydrogen) atoms. The first-order chi connectivity index (χ1) is 12.1. The molecule has 5 nitrogen and oxygen atoms in total.